The van der Waals surface area contributed by atoms with Crippen LogP contribution in [0, 0.1) is 13.8 Å². The summed E-state index contributed by atoms with van der Waals surface area (Å²) in [5.74, 6) is 0.857. The fraction of sp³-hybridized carbons (Fsp3) is 0.583. The Labute approximate surface area is 106 Å². The molecule has 98 valence electrons. The Morgan fingerprint density at radius 1 is 1.44 bits per heavy atom. The van der Waals surface area contributed by atoms with Crippen molar-refractivity contribution in [3.8, 4) is 0 Å². The lowest BCUT2D eigenvalue weighted by atomic mass is 10.1. The molecule has 0 aliphatic carbocycles. The Balaban J connectivity index is 2.17. The van der Waals surface area contributed by atoms with E-state index in [9.17, 15) is 5.11 Å². The van der Waals surface area contributed by atoms with Crippen LogP contribution < -0.4 is 0 Å². The van der Waals surface area contributed by atoms with Crippen molar-refractivity contribution in [2.75, 3.05) is 0 Å². The van der Waals surface area contributed by atoms with Gasteiger partial charge >= 0.3 is 0 Å². The van der Waals surface area contributed by atoms with E-state index < -0.39 is 0 Å². The van der Waals surface area contributed by atoms with E-state index in [4.69, 9.17) is 0 Å². The highest BCUT2D eigenvalue weighted by atomic mass is 16.3. The zero-order valence-corrected chi connectivity index (χ0v) is 11.0. The number of H-pyrrole nitrogens is 1. The minimum Gasteiger partial charge on any atom is -0.391 e. The maximum atomic E-state index is 9.68. The van der Waals surface area contributed by atoms with Crippen molar-refractivity contribution in [2.45, 2.75) is 46.3 Å². The molecule has 0 amide bonds. The molecular weight excluding hydrogens is 230 g/mol. The van der Waals surface area contributed by atoms with Crippen molar-refractivity contribution >= 4 is 0 Å². The molecule has 1 atom stereocenters. The first kappa shape index (κ1) is 12.8. The number of aliphatic hydroxyl groups excluding tert-OH is 1. The number of aromatic nitrogens is 5. The second-order valence-electron chi connectivity index (χ2n) is 4.51. The van der Waals surface area contributed by atoms with Gasteiger partial charge in [0.05, 0.1) is 18.3 Å². The van der Waals surface area contributed by atoms with Crippen molar-refractivity contribution in [3.63, 3.8) is 0 Å². The number of aliphatic hydroxyl groups is 1. The summed E-state index contributed by atoms with van der Waals surface area (Å²) in [6.45, 7) is 6.41. The summed E-state index contributed by atoms with van der Waals surface area (Å²) < 4.78 is 1.76. The minimum atomic E-state index is -0.378. The van der Waals surface area contributed by atoms with Gasteiger partial charge in [0.15, 0.2) is 0 Å². The first-order valence-electron chi connectivity index (χ1n) is 6.17. The quantitative estimate of drug-likeness (QED) is 0.827. The van der Waals surface area contributed by atoms with E-state index >= 15 is 0 Å². The Kier molecular flexibility index (Phi) is 3.76. The van der Waals surface area contributed by atoms with Gasteiger partial charge in [-0.3, -0.25) is 5.10 Å². The molecule has 0 spiro atoms. The van der Waals surface area contributed by atoms with Crippen LogP contribution in [0.25, 0.3) is 0 Å². The molecule has 0 saturated carbocycles. The molecule has 0 radical (unpaired) electrons. The Bertz CT molecular complexity index is 497. The summed E-state index contributed by atoms with van der Waals surface area (Å²) in [7, 11) is 0. The standard InChI is InChI=1S/C12H19N5O/c1-4-10(18)6-17-12(13-7-14-17)5-11-8(2)15-16-9(11)3/h7,10,18H,4-6H2,1-3H3,(H,15,16)/t10-/m1/s1. The van der Waals surface area contributed by atoms with Crippen LogP contribution in [0.5, 0.6) is 0 Å². The molecule has 2 N–H and O–H groups in total. The molecule has 2 aromatic rings. The van der Waals surface area contributed by atoms with Crippen LogP contribution in [0.3, 0.4) is 0 Å². The molecular formula is C12H19N5O. The van der Waals surface area contributed by atoms with E-state index in [1.165, 1.54) is 6.33 Å². The molecule has 0 aliphatic heterocycles. The number of hydrogen-bond donors (Lipinski definition) is 2. The van der Waals surface area contributed by atoms with Crippen molar-refractivity contribution in [1.82, 2.24) is 25.0 Å². The fourth-order valence-corrected chi connectivity index (χ4v) is 1.90. The van der Waals surface area contributed by atoms with Crippen molar-refractivity contribution in [1.29, 1.82) is 0 Å². The Hall–Kier alpha value is -1.69. The van der Waals surface area contributed by atoms with Gasteiger partial charge in [0.2, 0.25) is 0 Å². The SMILES string of the molecule is CC[C@@H](O)Cn1ncnc1Cc1c(C)n[nH]c1C. The first-order valence-corrected chi connectivity index (χ1v) is 6.17. The number of nitrogens with zero attached hydrogens (tertiary/aromatic N) is 4. The third kappa shape index (κ3) is 2.59. The third-order valence-electron chi connectivity index (χ3n) is 3.17. The summed E-state index contributed by atoms with van der Waals surface area (Å²) in [4.78, 5) is 4.26. The maximum absolute atomic E-state index is 9.68. The van der Waals surface area contributed by atoms with Crippen LogP contribution in [0.15, 0.2) is 6.33 Å². The van der Waals surface area contributed by atoms with Crippen LogP contribution >= 0.6 is 0 Å². The van der Waals surface area contributed by atoms with Gasteiger partial charge in [-0.15, -0.1) is 0 Å². The van der Waals surface area contributed by atoms with Gasteiger partial charge in [-0.25, -0.2) is 9.67 Å². The summed E-state index contributed by atoms with van der Waals surface area (Å²) in [6, 6.07) is 0. The third-order valence-corrected chi connectivity index (χ3v) is 3.17. The van der Waals surface area contributed by atoms with E-state index in [-0.39, 0.29) is 6.10 Å². The molecule has 2 aromatic heterocycles. The number of aryl methyl sites for hydroxylation is 2. The molecule has 2 heterocycles. The molecule has 0 aliphatic rings. The fourth-order valence-electron chi connectivity index (χ4n) is 1.90. The average molecular weight is 249 g/mol. The number of hydrogen-bond acceptors (Lipinski definition) is 4. The second-order valence-corrected chi connectivity index (χ2v) is 4.51. The molecule has 0 fully saturated rings. The maximum Gasteiger partial charge on any atom is 0.138 e. The number of rotatable bonds is 5. The summed E-state index contributed by atoms with van der Waals surface area (Å²) in [5.41, 5.74) is 3.19. The van der Waals surface area contributed by atoms with E-state index in [1.54, 1.807) is 4.68 Å². The smallest absolute Gasteiger partial charge is 0.138 e. The van der Waals surface area contributed by atoms with E-state index in [2.05, 4.69) is 20.3 Å². The van der Waals surface area contributed by atoms with Gasteiger partial charge in [-0.2, -0.15) is 10.2 Å². The first-order chi connectivity index (χ1) is 8.61. The van der Waals surface area contributed by atoms with Gasteiger partial charge in [0.1, 0.15) is 12.2 Å². The van der Waals surface area contributed by atoms with Gasteiger partial charge in [0, 0.05) is 17.7 Å². The van der Waals surface area contributed by atoms with Gasteiger partial charge in [-0.05, 0) is 20.3 Å². The van der Waals surface area contributed by atoms with Crippen LogP contribution in [0.1, 0.15) is 36.1 Å². The van der Waals surface area contributed by atoms with Crippen LogP contribution in [0.4, 0.5) is 0 Å². The summed E-state index contributed by atoms with van der Waals surface area (Å²) >= 11 is 0. The largest absolute Gasteiger partial charge is 0.391 e. The molecule has 0 saturated heterocycles. The number of aromatic amines is 1. The average Bonchev–Trinajstić information content (AvgIpc) is 2.91. The van der Waals surface area contributed by atoms with Crippen molar-refractivity contribution < 1.29 is 5.11 Å². The van der Waals surface area contributed by atoms with E-state index in [0.717, 1.165) is 22.8 Å². The monoisotopic (exact) mass is 249 g/mol. The normalized spacial score (nSPS) is 12.9. The number of nitrogens with one attached hydrogen (secondary N) is 1. The minimum absolute atomic E-state index is 0.378. The van der Waals surface area contributed by atoms with Gasteiger partial charge in [-0.1, -0.05) is 6.92 Å². The predicted octanol–water partition coefficient (Wildman–Crippen LogP) is 0.980. The molecule has 6 heteroatoms. The highest BCUT2D eigenvalue weighted by molar-refractivity contribution is 5.26. The lowest BCUT2D eigenvalue weighted by Gasteiger charge is -2.10. The van der Waals surface area contributed by atoms with Crippen LogP contribution in [0.2, 0.25) is 0 Å². The van der Waals surface area contributed by atoms with Crippen molar-refractivity contribution in [3.05, 3.63) is 29.1 Å². The second kappa shape index (κ2) is 5.30. The molecule has 18 heavy (non-hydrogen) atoms. The Morgan fingerprint density at radius 3 is 2.83 bits per heavy atom. The van der Waals surface area contributed by atoms with Crippen molar-refractivity contribution in [2.24, 2.45) is 0 Å². The zero-order valence-electron chi connectivity index (χ0n) is 11.0. The molecule has 0 unspecified atom stereocenters. The predicted molar refractivity (Wildman–Crippen MR) is 67.2 cm³/mol. The topological polar surface area (TPSA) is 79.6 Å². The van der Waals surface area contributed by atoms with Gasteiger partial charge < -0.3 is 5.11 Å². The molecule has 0 aromatic carbocycles. The highest BCUT2D eigenvalue weighted by Gasteiger charge is 2.13. The molecule has 0 bridgehead atoms. The molecule has 2 rings (SSSR count). The molecule has 6 nitrogen and oxygen atoms in total. The van der Waals surface area contributed by atoms with Crippen LogP contribution in [-0.4, -0.2) is 36.2 Å². The summed E-state index contributed by atoms with van der Waals surface area (Å²) in [6.07, 6.45) is 2.55. The van der Waals surface area contributed by atoms with E-state index in [1.807, 2.05) is 20.8 Å². The summed E-state index contributed by atoms with van der Waals surface area (Å²) in [5, 5.41) is 21.0. The van der Waals surface area contributed by atoms with Gasteiger partial charge in [0.25, 0.3) is 0 Å². The van der Waals surface area contributed by atoms with E-state index in [0.29, 0.717) is 19.4 Å². The van der Waals surface area contributed by atoms with Crippen LogP contribution in [-0.2, 0) is 13.0 Å². The zero-order chi connectivity index (χ0) is 13.1. The highest BCUT2D eigenvalue weighted by Crippen LogP contribution is 2.14. The lowest BCUT2D eigenvalue weighted by molar-refractivity contribution is 0.144. The Morgan fingerprint density at radius 2 is 2.22 bits per heavy atom. The lowest BCUT2D eigenvalue weighted by Crippen LogP contribution is -2.18.